The molecule has 0 unspecified atom stereocenters. The summed E-state index contributed by atoms with van der Waals surface area (Å²) >= 11 is 1.13. The Hall–Kier alpha value is -1.28. The van der Waals surface area contributed by atoms with Crippen molar-refractivity contribution in [3.63, 3.8) is 0 Å². The molecule has 0 radical (unpaired) electrons. The fourth-order valence-electron chi connectivity index (χ4n) is 2.24. The van der Waals surface area contributed by atoms with Crippen LogP contribution in [-0.4, -0.2) is 46.8 Å². The Morgan fingerprint density at radius 1 is 1.36 bits per heavy atom. The summed E-state index contributed by atoms with van der Waals surface area (Å²) in [6.07, 6.45) is -3.64. The largest absolute Gasteiger partial charge is 0.417 e. The van der Waals surface area contributed by atoms with E-state index >= 15 is 0 Å². The molecule has 22 heavy (non-hydrogen) atoms. The van der Waals surface area contributed by atoms with Gasteiger partial charge in [-0.15, -0.1) is 0 Å². The molecular formula is C14H17F3N2O2S. The van der Waals surface area contributed by atoms with Gasteiger partial charge in [-0.25, -0.2) is 4.98 Å². The van der Waals surface area contributed by atoms with Crippen LogP contribution in [0.1, 0.15) is 19.4 Å². The van der Waals surface area contributed by atoms with E-state index in [9.17, 15) is 18.0 Å². The van der Waals surface area contributed by atoms with Crippen molar-refractivity contribution in [3.8, 4) is 0 Å². The SMILES string of the molecule is C[C@@H]1CN(C(=O)CSc2ccc(C(F)(F)F)cn2)C[C@H](C)O1. The van der Waals surface area contributed by atoms with Crippen molar-refractivity contribution in [2.75, 3.05) is 18.8 Å². The molecular weight excluding hydrogens is 317 g/mol. The van der Waals surface area contributed by atoms with Crippen LogP contribution in [0.5, 0.6) is 0 Å². The zero-order valence-electron chi connectivity index (χ0n) is 12.3. The van der Waals surface area contributed by atoms with E-state index in [0.29, 0.717) is 18.1 Å². The van der Waals surface area contributed by atoms with E-state index in [4.69, 9.17) is 4.74 Å². The van der Waals surface area contributed by atoms with Gasteiger partial charge in [0.15, 0.2) is 0 Å². The van der Waals surface area contributed by atoms with E-state index in [0.717, 1.165) is 24.0 Å². The third-order valence-corrected chi connectivity index (χ3v) is 4.11. The standard InChI is InChI=1S/C14H17F3N2O2S/c1-9-6-19(7-10(2)21-9)13(20)8-22-12-4-3-11(5-18-12)14(15,16)17/h3-5,9-10H,6-8H2,1-2H3/t9-,10+. The number of alkyl halides is 3. The first-order valence-corrected chi connectivity index (χ1v) is 7.83. The second-order valence-electron chi connectivity index (χ2n) is 5.23. The van der Waals surface area contributed by atoms with Gasteiger partial charge in [-0.3, -0.25) is 4.79 Å². The third-order valence-electron chi connectivity index (χ3n) is 3.18. The number of aromatic nitrogens is 1. The van der Waals surface area contributed by atoms with Crippen LogP contribution >= 0.6 is 11.8 Å². The minimum atomic E-state index is -4.40. The minimum Gasteiger partial charge on any atom is -0.372 e. The maximum atomic E-state index is 12.4. The Morgan fingerprint density at radius 3 is 2.50 bits per heavy atom. The lowest BCUT2D eigenvalue weighted by molar-refractivity contribution is -0.140. The summed E-state index contributed by atoms with van der Waals surface area (Å²) in [5, 5.41) is 0.399. The molecule has 1 aromatic rings. The Balaban J connectivity index is 1.88. The quantitative estimate of drug-likeness (QED) is 0.797. The first-order valence-electron chi connectivity index (χ1n) is 6.85. The molecule has 4 nitrogen and oxygen atoms in total. The van der Waals surface area contributed by atoms with Gasteiger partial charge in [-0.05, 0) is 26.0 Å². The van der Waals surface area contributed by atoms with Gasteiger partial charge in [0.1, 0.15) is 0 Å². The fraction of sp³-hybridized carbons (Fsp3) is 0.571. The molecule has 1 aromatic heterocycles. The van der Waals surface area contributed by atoms with Crippen LogP contribution in [0, 0.1) is 0 Å². The molecule has 0 aromatic carbocycles. The number of morpholine rings is 1. The second kappa shape index (κ2) is 6.87. The predicted molar refractivity (Wildman–Crippen MR) is 76.6 cm³/mol. The summed E-state index contributed by atoms with van der Waals surface area (Å²) in [6, 6.07) is 2.25. The van der Waals surface area contributed by atoms with E-state index in [2.05, 4.69) is 4.98 Å². The van der Waals surface area contributed by atoms with Gasteiger partial charge in [0.25, 0.3) is 0 Å². The maximum absolute atomic E-state index is 12.4. The van der Waals surface area contributed by atoms with Gasteiger partial charge < -0.3 is 9.64 Å². The number of halogens is 3. The highest BCUT2D eigenvalue weighted by atomic mass is 32.2. The molecule has 1 saturated heterocycles. The molecule has 0 bridgehead atoms. The van der Waals surface area contributed by atoms with Crippen molar-refractivity contribution in [3.05, 3.63) is 23.9 Å². The van der Waals surface area contributed by atoms with Crippen molar-refractivity contribution >= 4 is 17.7 Å². The molecule has 1 fully saturated rings. The number of hydrogen-bond acceptors (Lipinski definition) is 4. The van der Waals surface area contributed by atoms with E-state index < -0.39 is 11.7 Å². The number of amides is 1. The zero-order chi connectivity index (χ0) is 16.3. The number of nitrogens with zero attached hydrogens (tertiary/aromatic N) is 2. The fourth-order valence-corrected chi connectivity index (χ4v) is 2.99. The number of hydrogen-bond donors (Lipinski definition) is 0. The minimum absolute atomic E-state index is 0.0121. The van der Waals surface area contributed by atoms with Crippen LogP contribution < -0.4 is 0 Å². The summed E-state index contributed by atoms with van der Waals surface area (Å²) in [5.74, 6) is 0.0892. The highest BCUT2D eigenvalue weighted by Crippen LogP contribution is 2.29. The predicted octanol–water partition coefficient (Wildman–Crippen LogP) is 2.83. The Bertz CT molecular complexity index is 512. The van der Waals surface area contributed by atoms with E-state index in [1.807, 2.05) is 13.8 Å². The van der Waals surface area contributed by atoms with Gasteiger partial charge >= 0.3 is 6.18 Å². The smallest absolute Gasteiger partial charge is 0.372 e. The lowest BCUT2D eigenvalue weighted by Gasteiger charge is -2.35. The third kappa shape index (κ3) is 4.61. The van der Waals surface area contributed by atoms with Crippen LogP contribution in [0.4, 0.5) is 13.2 Å². The Kier molecular flexibility index (Phi) is 5.33. The molecule has 1 aliphatic rings. The van der Waals surface area contributed by atoms with Crippen molar-refractivity contribution in [1.82, 2.24) is 9.88 Å². The molecule has 0 aliphatic carbocycles. The van der Waals surface area contributed by atoms with Gasteiger partial charge in [-0.1, -0.05) is 11.8 Å². The number of rotatable bonds is 3. The highest BCUT2D eigenvalue weighted by molar-refractivity contribution is 7.99. The van der Waals surface area contributed by atoms with Gasteiger partial charge in [0.2, 0.25) is 5.91 Å². The van der Waals surface area contributed by atoms with Gasteiger partial charge in [0, 0.05) is 19.3 Å². The molecule has 0 saturated carbocycles. The normalized spacial score (nSPS) is 22.7. The molecule has 122 valence electrons. The van der Waals surface area contributed by atoms with Crippen LogP contribution in [-0.2, 0) is 15.7 Å². The average molecular weight is 334 g/mol. The van der Waals surface area contributed by atoms with Gasteiger partial charge in [0.05, 0.1) is 28.6 Å². The Labute approximate surface area is 131 Å². The molecule has 2 heterocycles. The first kappa shape index (κ1) is 17.1. The molecule has 8 heteroatoms. The monoisotopic (exact) mass is 334 g/mol. The lowest BCUT2D eigenvalue weighted by atomic mass is 10.2. The van der Waals surface area contributed by atoms with Crippen molar-refractivity contribution < 1.29 is 22.7 Å². The molecule has 2 rings (SSSR count). The number of ether oxygens (including phenoxy) is 1. The highest BCUT2D eigenvalue weighted by Gasteiger charge is 2.30. The molecule has 1 aliphatic heterocycles. The summed E-state index contributed by atoms with van der Waals surface area (Å²) < 4.78 is 42.8. The number of carbonyl (C=O) groups is 1. The van der Waals surface area contributed by atoms with Crippen LogP contribution in [0.3, 0.4) is 0 Å². The molecule has 0 N–H and O–H groups in total. The van der Waals surface area contributed by atoms with E-state index in [1.54, 1.807) is 4.90 Å². The van der Waals surface area contributed by atoms with Crippen LogP contribution in [0.25, 0.3) is 0 Å². The number of carbonyl (C=O) groups excluding carboxylic acids is 1. The average Bonchev–Trinajstić information content (AvgIpc) is 2.43. The second-order valence-corrected chi connectivity index (χ2v) is 6.22. The maximum Gasteiger partial charge on any atom is 0.417 e. The van der Waals surface area contributed by atoms with Crippen molar-refractivity contribution in [2.45, 2.75) is 37.3 Å². The van der Waals surface area contributed by atoms with E-state index in [-0.39, 0.29) is 23.9 Å². The van der Waals surface area contributed by atoms with Crippen LogP contribution in [0.2, 0.25) is 0 Å². The molecule has 1 amide bonds. The molecule has 2 atom stereocenters. The zero-order valence-corrected chi connectivity index (χ0v) is 13.1. The van der Waals surface area contributed by atoms with Gasteiger partial charge in [-0.2, -0.15) is 13.2 Å². The summed E-state index contributed by atoms with van der Waals surface area (Å²) in [5.41, 5.74) is -0.793. The summed E-state index contributed by atoms with van der Waals surface area (Å²) in [7, 11) is 0. The van der Waals surface area contributed by atoms with Crippen molar-refractivity contribution in [1.29, 1.82) is 0 Å². The van der Waals surface area contributed by atoms with Crippen LogP contribution in [0.15, 0.2) is 23.4 Å². The lowest BCUT2D eigenvalue weighted by Crippen LogP contribution is -2.48. The first-order chi connectivity index (χ1) is 10.3. The molecule has 0 spiro atoms. The topological polar surface area (TPSA) is 42.4 Å². The van der Waals surface area contributed by atoms with Crippen molar-refractivity contribution in [2.24, 2.45) is 0 Å². The summed E-state index contributed by atoms with van der Waals surface area (Å²) in [4.78, 5) is 17.6. The summed E-state index contributed by atoms with van der Waals surface area (Å²) in [6.45, 7) is 4.87. The number of pyridine rings is 1. The van der Waals surface area contributed by atoms with E-state index in [1.165, 1.54) is 6.07 Å². The Morgan fingerprint density at radius 2 is 2.00 bits per heavy atom. The number of thioether (sulfide) groups is 1.